The molecule has 0 unspecified atom stereocenters. The van der Waals surface area contributed by atoms with Gasteiger partial charge in [0.2, 0.25) is 0 Å². The van der Waals surface area contributed by atoms with Crippen LogP contribution in [0.15, 0.2) is 59.0 Å². The summed E-state index contributed by atoms with van der Waals surface area (Å²) in [4.78, 5) is 31.7. The molecule has 4 aromatic rings. The number of carbonyl (C=O) groups is 2. The van der Waals surface area contributed by atoms with Crippen LogP contribution < -0.4 is 14.4 Å². The summed E-state index contributed by atoms with van der Waals surface area (Å²) >= 11 is 6.41. The van der Waals surface area contributed by atoms with E-state index in [4.69, 9.17) is 25.5 Å². The molecular weight excluding hydrogens is 518 g/mol. The number of fused-ring (bicyclic) bond motifs is 4. The molecule has 0 saturated carbocycles. The first-order valence-electron chi connectivity index (χ1n) is 13.0. The molecular formula is C30H32ClN3O5. The molecule has 3 aromatic carbocycles. The molecule has 204 valence electrons. The first kappa shape index (κ1) is 26.8. The lowest BCUT2D eigenvalue weighted by Crippen LogP contribution is -2.30. The summed E-state index contributed by atoms with van der Waals surface area (Å²) in [6.45, 7) is 4.13. The predicted octanol–water partition coefficient (Wildman–Crippen LogP) is 5.96. The molecule has 1 aromatic heterocycles. The van der Waals surface area contributed by atoms with Gasteiger partial charge < -0.3 is 28.6 Å². The van der Waals surface area contributed by atoms with Crippen LogP contribution in [-0.2, 0) is 0 Å². The molecule has 0 saturated heterocycles. The number of likely N-dealkylation sites (N-methyl/N-ethyl adjacent to an activating group) is 1. The van der Waals surface area contributed by atoms with Gasteiger partial charge in [-0.3, -0.25) is 4.79 Å². The molecule has 0 bridgehead atoms. The number of anilines is 1. The van der Waals surface area contributed by atoms with Gasteiger partial charge in [-0.15, -0.1) is 11.6 Å². The number of furan rings is 1. The number of hydrogen-bond donors (Lipinski definition) is 0. The fourth-order valence-electron chi connectivity index (χ4n) is 4.81. The Morgan fingerprint density at radius 1 is 1.08 bits per heavy atom. The Kier molecular flexibility index (Phi) is 7.68. The third-order valence-corrected chi connectivity index (χ3v) is 7.42. The zero-order chi connectivity index (χ0) is 27.7. The molecule has 0 N–H and O–H groups in total. The van der Waals surface area contributed by atoms with Crippen LogP contribution in [-0.4, -0.2) is 75.1 Å². The fraction of sp³-hybridized carbons (Fsp3) is 0.333. The normalized spacial score (nSPS) is 14.7. The summed E-state index contributed by atoms with van der Waals surface area (Å²) in [6, 6.07) is 16.7. The van der Waals surface area contributed by atoms with Crippen LogP contribution in [0.1, 0.15) is 29.0 Å². The van der Waals surface area contributed by atoms with Gasteiger partial charge in [-0.2, -0.15) is 0 Å². The molecule has 9 heteroatoms. The van der Waals surface area contributed by atoms with Gasteiger partial charge in [0, 0.05) is 55.3 Å². The lowest BCUT2D eigenvalue weighted by molar-refractivity contribution is 0.0964. The van der Waals surface area contributed by atoms with Crippen molar-refractivity contribution in [2.24, 2.45) is 0 Å². The third-order valence-electron chi connectivity index (χ3n) is 7.05. The number of halogens is 1. The average Bonchev–Trinajstić information content (AvgIpc) is 3.53. The summed E-state index contributed by atoms with van der Waals surface area (Å²) in [7, 11) is 5.66. The molecule has 0 spiro atoms. The molecule has 2 amide bonds. The maximum absolute atomic E-state index is 13.8. The summed E-state index contributed by atoms with van der Waals surface area (Å²) < 4.78 is 17.6. The Morgan fingerprint density at radius 2 is 1.85 bits per heavy atom. The van der Waals surface area contributed by atoms with E-state index in [-0.39, 0.29) is 17.6 Å². The predicted molar refractivity (Wildman–Crippen MR) is 154 cm³/mol. The van der Waals surface area contributed by atoms with Gasteiger partial charge in [-0.25, -0.2) is 4.79 Å². The van der Waals surface area contributed by atoms with Gasteiger partial charge in [0.15, 0.2) is 5.76 Å². The van der Waals surface area contributed by atoms with Crippen LogP contribution in [0.4, 0.5) is 10.5 Å². The minimum absolute atomic E-state index is 0.0836. The van der Waals surface area contributed by atoms with E-state index in [1.54, 1.807) is 24.1 Å². The number of rotatable bonds is 8. The lowest BCUT2D eigenvalue weighted by atomic mass is 9.95. The van der Waals surface area contributed by atoms with E-state index in [9.17, 15) is 9.59 Å². The molecule has 39 heavy (non-hydrogen) atoms. The number of benzene rings is 3. The molecule has 5 rings (SSSR count). The van der Waals surface area contributed by atoms with Crippen molar-refractivity contribution in [2.75, 3.05) is 58.2 Å². The van der Waals surface area contributed by atoms with Crippen molar-refractivity contribution in [3.63, 3.8) is 0 Å². The lowest BCUT2D eigenvalue weighted by Gasteiger charge is -2.19. The van der Waals surface area contributed by atoms with Crippen LogP contribution in [0.2, 0.25) is 0 Å². The summed E-state index contributed by atoms with van der Waals surface area (Å²) in [6.07, 6.45) is -0.465. The Hall–Kier alpha value is -3.75. The van der Waals surface area contributed by atoms with E-state index in [2.05, 4.69) is 0 Å². The number of alkyl halides is 1. The van der Waals surface area contributed by atoms with Crippen LogP contribution in [0.3, 0.4) is 0 Å². The molecule has 1 atom stereocenters. The highest BCUT2D eigenvalue weighted by Crippen LogP contribution is 2.46. The Balaban J connectivity index is 1.51. The van der Waals surface area contributed by atoms with Gasteiger partial charge in [0.25, 0.3) is 5.91 Å². The van der Waals surface area contributed by atoms with Crippen molar-refractivity contribution in [1.29, 1.82) is 0 Å². The molecule has 0 fully saturated rings. The zero-order valence-electron chi connectivity index (χ0n) is 22.6. The van der Waals surface area contributed by atoms with Crippen molar-refractivity contribution >= 4 is 51.0 Å². The molecule has 2 heterocycles. The van der Waals surface area contributed by atoms with E-state index in [1.165, 1.54) is 4.90 Å². The molecule has 8 nitrogen and oxygen atoms in total. The van der Waals surface area contributed by atoms with Crippen LogP contribution in [0.5, 0.6) is 11.5 Å². The van der Waals surface area contributed by atoms with Gasteiger partial charge in [-0.1, -0.05) is 24.3 Å². The largest absolute Gasteiger partial charge is 0.492 e. The van der Waals surface area contributed by atoms with Gasteiger partial charge in [-0.05, 0) is 56.2 Å². The van der Waals surface area contributed by atoms with Crippen molar-refractivity contribution in [3.8, 4) is 11.5 Å². The monoisotopic (exact) mass is 549 g/mol. The Bertz CT molecular complexity index is 1530. The van der Waals surface area contributed by atoms with Gasteiger partial charge >= 0.3 is 6.09 Å². The first-order chi connectivity index (χ1) is 18.8. The van der Waals surface area contributed by atoms with E-state index in [1.807, 2.05) is 68.4 Å². The van der Waals surface area contributed by atoms with Crippen molar-refractivity contribution in [3.05, 3.63) is 65.9 Å². The second-order valence-electron chi connectivity index (χ2n) is 9.96. The maximum atomic E-state index is 13.8. The zero-order valence-corrected chi connectivity index (χ0v) is 23.3. The number of amides is 2. The Morgan fingerprint density at radius 3 is 2.56 bits per heavy atom. The maximum Gasteiger partial charge on any atom is 0.414 e. The second kappa shape index (κ2) is 11.2. The van der Waals surface area contributed by atoms with E-state index < -0.39 is 6.09 Å². The van der Waals surface area contributed by atoms with Gasteiger partial charge in [0.05, 0.1) is 5.69 Å². The van der Waals surface area contributed by atoms with Crippen LogP contribution >= 0.6 is 11.6 Å². The number of carbonyl (C=O) groups excluding carboxylic acids is 2. The molecule has 0 aliphatic carbocycles. The van der Waals surface area contributed by atoms with E-state index >= 15 is 0 Å². The van der Waals surface area contributed by atoms with E-state index in [0.717, 1.165) is 28.3 Å². The second-order valence-corrected chi connectivity index (χ2v) is 10.3. The van der Waals surface area contributed by atoms with Gasteiger partial charge in [0.1, 0.15) is 23.7 Å². The highest BCUT2D eigenvalue weighted by atomic mass is 35.5. The van der Waals surface area contributed by atoms with Crippen LogP contribution in [0.25, 0.3) is 21.7 Å². The Labute approximate surface area is 232 Å². The first-order valence-corrected chi connectivity index (χ1v) is 13.5. The molecule has 1 aliphatic heterocycles. The minimum atomic E-state index is -0.465. The standard InChI is InChI=1S/C30H32ClN3O5/c1-5-33(4)30(36)39-26-16-24-28(23-9-7-6-8-22(23)26)20(17-31)18-34(24)29(35)27-15-19-14-21(10-11-25(19)38-27)37-13-12-32(2)3/h6-11,14-16,20H,5,12-13,17-18H2,1-4H3/t20-/m1/s1. The SMILES string of the molecule is CCN(C)C(=O)Oc1cc2c(c3ccccc13)[C@H](CCl)CN2C(=O)c1cc2cc(OCCN(C)C)ccc2o1. The minimum Gasteiger partial charge on any atom is -0.492 e. The molecule has 1 aliphatic rings. The number of nitrogens with zero attached hydrogens (tertiary/aromatic N) is 3. The highest BCUT2D eigenvalue weighted by molar-refractivity contribution is 6.19. The summed E-state index contributed by atoms with van der Waals surface area (Å²) in [5.41, 5.74) is 2.23. The highest BCUT2D eigenvalue weighted by Gasteiger charge is 2.36. The van der Waals surface area contributed by atoms with Crippen molar-refractivity contribution in [2.45, 2.75) is 12.8 Å². The smallest absolute Gasteiger partial charge is 0.414 e. The van der Waals surface area contributed by atoms with Crippen LogP contribution in [0, 0.1) is 0 Å². The number of ether oxygens (including phenoxy) is 2. The fourth-order valence-corrected chi connectivity index (χ4v) is 5.06. The van der Waals surface area contributed by atoms with Crippen molar-refractivity contribution in [1.82, 2.24) is 9.80 Å². The third kappa shape index (κ3) is 5.27. The summed E-state index contributed by atoms with van der Waals surface area (Å²) in [5, 5.41) is 2.48. The summed E-state index contributed by atoms with van der Waals surface area (Å²) in [5.74, 6) is 1.30. The van der Waals surface area contributed by atoms with E-state index in [0.29, 0.717) is 48.3 Å². The number of hydrogen-bond acceptors (Lipinski definition) is 6. The average molecular weight is 550 g/mol. The molecule has 0 radical (unpaired) electrons. The van der Waals surface area contributed by atoms with Crippen molar-refractivity contribution < 1.29 is 23.5 Å². The quantitative estimate of drug-likeness (QED) is 0.252. The topological polar surface area (TPSA) is 75.5 Å².